The number of carbonyl (C=O) groups is 1. The highest BCUT2D eigenvalue weighted by molar-refractivity contribution is 7.98. The first kappa shape index (κ1) is 19.2. The number of allylic oxidation sites excluding steroid dienone is 1. The Morgan fingerprint density at radius 1 is 1.44 bits per heavy atom. The Morgan fingerprint density at radius 2 is 2.24 bits per heavy atom. The molecule has 0 fully saturated rings. The summed E-state index contributed by atoms with van der Waals surface area (Å²) in [6.45, 7) is 9.85. The number of hydrogen-bond donors (Lipinski definition) is 2. The number of aromatic nitrogens is 4. The summed E-state index contributed by atoms with van der Waals surface area (Å²) in [5.41, 5.74) is 0.783. The maximum Gasteiger partial charge on any atom is 0.220 e. The van der Waals surface area contributed by atoms with Crippen molar-refractivity contribution in [1.82, 2.24) is 25.1 Å². The van der Waals surface area contributed by atoms with Crippen molar-refractivity contribution in [2.24, 2.45) is 5.92 Å². The lowest BCUT2D eigenvalue weighted by Crippen LogP contribution is -2.27. The molecule has 0 unspecified atom stereocenters. The molecule has 0 aromatic carbocycles. The van der Waals surface area contributed by atoms with E-state index in [4.69, 9.17) is 0 Å². The Kier molecular flexibility index (Phi) is 7.24. The first-order valence-corrected chi connectivity index (χ1v) is 9.66. The van der Waals surface area contributed by atoms with Gasteiger partial charge in [-0.1, -0.05) is 31.7 Å². The van der Waals surface area contributed by atoms with Crippen molar-refractivity contribution >= 4 is 34.5 Å². The van der Waals surface area contributed by atoms with E-state index in [9.17, 15) is 4.79 Å². The van der Waals surface area contributed by atoms with Crippen LogP contribution >= 0.6 is 11.8 Å². The van der Waals surface area contributed by atoms with Crippen LogP contribution in [0.4, 0.5) is 5.82 Å². The van der Waals surface area contributed by atoms with Crippen LogP contribution in [0.25, 0.3) is 11.0 Å². The molecular formula is C17H26N6OS. The van der Waals surface area contributed by atoms with Gasteiger partial charge in [-0.05, 0) is 18.6 Å². The zero-order chi connectivity index (χ0) is 18.2. The quantitative estimate of drug-likeness (QED) is 0.384. The molecule has 0 saturated heterocycles. The van der Waals surface area contributed by atoms with Crippen molar-refractivity contribution in [3.05, 3.63) is 18.9 Å². The molecule has 2 aromatic heterocycles. The van der Waals surface area contributed by atoms with E-state index in [-0.39, 0.29) is 5.91 Å². The molecule has 25 heavy (non-hydrogen) atoms. The number of hydrogen-bond acceptors (Lipinski definition) is 6. The van der Waals surface area contributed by atoms with E-state index in [0.29, 0.717) is 37.0 Å². The Morgan fingerprint density at radius 3 is 2.92 bits per heavy atom. The molecule has 0 aliphatic rings. The highest BCUT2D eigenvalue weighted by Crippen LogP contribution is 2.23. The summed E-state index contributed by atoms with van der Waals surface area (Å²) in [5, 5.41) is 12.3. The van der Waals surface area contributed by atoms with Gasteiger partial charge < -0.3 is 10.6 Å². The molecule has 7 nitrogen and oxygen atoms in total. The number of carbonyl (C=O) groups excluding carboxylic acids is 1. The van der Waals surface area contributed by atoms with Gasteiger partial charge in [-0.3, -0.25) is 4.79 Å². The summed E-state index contributed by atoms with van der Waals surface area (Å²) in [6, 6.07) is 0. The summed E-state index contributed by atoms with van der Waals surface area (Å²) >= 11 is 1.50. The molecule has 0 aliphatic heterocycles. The fraction of sp³-hybridized carbons (Fsp3) is 0.529. The number of nitrogens with zero attached hydrogens (tertiary/aromatic N) is 4. The Hall–Kier alpha value is -2.09. The molecule has 0 bridgehead atoms. The predicted molar refractivity (Wildman–Crippen MR) is 103 cm³/mol. The van der Waals surface area contributed by atoms with Crippen molar-refractivity contribution in [2.75, 3.05) is 24.7 Å². The van der Waals surface area contributed by atoms with E-state index < -0.39 is 0 Å². The minimum Gasteiger partial charge on any atom is -0.369 e. The van der Waals surface area contributed by atoms with E-state index in [1.54, 1.807) is 12.3 Å². The summed E-state index contributed by atoms with van der Waals surface area (Å²) in [5.74, 6) is 1.35. The van der Waals surface area contributed by atoms with Crippen LogP contribution in [0.2, 0.25) is 0 Å². The van der Waals surface area contributed by atoms with Gasteiger partial charge in [0.2, 0.25) is 5.91 Å². The lowest BCUT2D eigenvalue weighted by molar-refractivity contribution is -0.121. The SMILES string of the molecule is C=CCCC(=O)NCCn1ncc2c(NCC(C)C)nc(SC)nc21. The second kappa shape index (κ2) is 9.41. The average molecular weight is 363 g/mol. The molecule has 2 aromatic rings. The Labute approximate surface area is 152 Å². The van der Waals surface area contributed by atoms with Gasteiger partial charge in [0, 0.05) is 19.5 Å². The largest absolute Gasteiger partial charge is 0.369 e. The summed E-state index contributed by atoms with van der Waals surface area (Å²) in [4.78, 5) is 20.8. The van der Waals surface area contributed by atoms with Crippen LogP contribution in [0, 0.1) is 5.92 Å². The number of amides is 1. The molecule has 0 spiro atoms. The van der Waals surface area contributed by atoms with E-state index >= 15 is 0 Å². The number of thioether (sulfide) groups is 1. The van der Waals surface area contributed by atoms with Gasteiger partial charge in [0.25, 0.3) is 0 Å². The second-order valence-electron chi connectivity index (χ2n) is 6.12. The molecule has 2 N–H and O–H groups in total. The molecule has 0 aliphatic carbocycles. The molecule has 2 heterocycles. The van der Waals surface area contributed by atoms with Gasteiger partial charge in [-0.25, -0.2) is 14.6 Å². The van der Waals surface area contributed by atoms with E-state index in [1.165, 1.54) is 11.8 Å². The van der Waals surface area contributed by atoms with Crippen molar-refractivity contribution in [1.29, 1.82) is 0 Å². The third kappa shape index (κ3) is 5.45. The van der Waals surface area contributed by atoms with Crippen LogP contribution in [-0.4, -0.2) is 45.0 Å². The molecule has 0 saturated carbocycles. The molecule has 2 rings (SSSR count). The van der Waals surface area contributed by atoms with Gasteiger partial charge in [0.1, 0.15) is 5.82 Å². The van der Waals surface area contributed by atoms with Crippen LogP contribution in [-0.2, 0) is 11.3 Å². The second-order valence-corrected chi connectivity index (χ2v) is 6.89. The monoisotopic (exact) mass is 362 g/mol. The van der Waals surface area contributed by atoms with Crippen LogP contribution in [0.3, 0.4) is 0 Å². The Bertz CT molecular complexity index is 727. The minimum atomic E-state index is 0.0232. The van der Waals surface area contributed by atoms with Crippen molar-refractivity contribution < 1.29 is 4.79 Å². The van der Waals surface area contributed by atoms with E-state index in [2.05, 4.69) is 46.1 Å². The fourth-order valence-electron chi connectivity index (χ4n) is 2.25. The van der Waals surface area contributed by atoms with Gasteiger partial charge >= 0.3 is 0 Å². The lowest BCUT2D eigenvalue weighted by Gasteiger charge is -2.10. The number of anilines is 1. The molecule has 0 atom stereocenters. The number of rotatable bonds is 10. The highest BCUT2D eigenvalue weighted by atomic mass is 32.2. The first-order chi connectivity index (χ1) is 12.0. The van der Waals surface area contributed by atoms with Gasteiger partial charge in [0.15, 0.2) is 10.8 Å². The normalized spacial score (nSPS) is 11.0. The van der Waals surface area contributed by atoms with E-state index in [0.717, 1.165) is 23.4 Å². The number of nitrogens with one attached hydrogen (secondary N) is 2. The smallest absolute Gasteiger partial charge is 0.220 e. The van der Waals surface area contributed by atoms with Gasteiger partial charge in [-0.2, -0.15) is 5.10 Å². The topological polar surface area (TPSA) is 84.7 Å². The fourth-order valence-corrected chi connectivity index (χ4v) is 2.61. The lowest BCUT2D eigenvalue weighted by atomic mass is 10.2. The highest BCUT2D eigenvalue weighted by Gasteiger charge is 2.13. The third-order valence-electron chi connectivity index (χ3n) is 3.56. The van der Waals surface area contributed by atoms with Crippen LogP contribution in [0.1, 0.15) is 26.7 Å². The van der Waals surface area contributed by atoms with Crippen LogP contribution in [0.15, 0.2) is 24.0 Å². The van der Waals surface area contributed by atoms with Crippen molar-refractivity contribution in [3.8, 4) is 0 Å². The average Bonchev–Trinajstić information content (AvgIpc) is 3.00. The maximum absolute atomic E-state index is 11.7. The molecule has 1 amide bonds. The number of fused-ring (bicyclic) bond motifs is 1. The van der Waals surface area contributed by atoms with Crippen molar-refractivity contribution in [2.45, 2.75) is 38.4 Å². The van der Waals surface area contributed by atoms with Crippen molar-refractivity contribution in [3.63, 3.8) is 0 Å². The standard InChI is InChI=1S/C17H26N6OS/c1-5-6-7-14(24)18-8-9-23-16-13(11-20-23)15(19-10-12(2)3)21-17(22-16)25-4/h5,11-12H,1,6-10H2,2-4H3,(H,18,24)(H,19,21,22). The summed E-state index contributed by atoms with van der Waals surface area (Å²) < 4.78 is 1.81. The zero-order valence-electron chi connectivity index (χ0n) is 15.1. The molecule has 0 radical (unpaired) electrons. The minimum absolute atomic E-state index is 0.0232. The molecule has 136 valence electrons. The molecule has 8 heteroatoms. The van der Waals surface area contributed by atoms with Gasteiger partial charge in [0.05, 0.1) is 18.1 Å². The summed E-state index contributed by atoms with van der Waals surface area (Å²) in [7, 11) is 0. The third-order valence-corrected chi connectivity index (χ3v) is 4.11. The molecular weight excluding hydrogens is 336 g/mol. The van der Waals surface area contributed by atoms with Crippen LogP contribution in [0.5, 0.6) is 0 Å². The van der Waals surface area contributed by atoms with E-state index in [1.807, 2.05) is 10.9 Å². The first-order valence-electron chi connectivity index (χ1n) is 8.44. The predicted octanol–water partition coefficient (Wildman–Crippen LogP) is 2.70. The van der Waals surface area contributed by atoms with Gasteiger partial charge in [-0.15, -0.1) is 6.58 Å². The Balaban J connectivity index is 2.11. The van der Waals surface area contributed by atoms with Crippen LogP contribution < -0.4 is 10.6 Å². The maximum atomic E-state index is 11.7. The summed E-state index contributed by atoms with van der Waals surface area (Å²) in [6.07, 6.45) is 6.62. The zero-order valence-corrected chi connectivity index (χ0v) is 15.9.